The Bertz CT molecular complexity index is 658. The summed E-state index contributed by atoms with van der Waals surface area (Å²) >= 11 is 1.81. The second kappa shape index (κ2) is 9.27. The fraction of sp³-hybridized carbons (Fsp3) is 0.714. The molecule has 7 heteroatoms. The molecule has 0 saturated carbocycles. The zero-order valence-electron chi connectivity index (χ0n) is 17.8. The molecule has 28 heavy (non-hydrogen) atoms. The van der Waals surface area contributed by atoms with Gasteiger partial charge in [-0.15, -0.1) is 11.3 Å². The number of guanidine groups is 1. The first-order valence-corrected chi connectivity index (χ1v) is 11.3. The number of nitrogens with zero attached hydrogens (tertiary/aromatic N) is 4. The second-order valence-corrected chi connectivity index (χ2v) is 9.44. The van der Waals surface area contributed by atoms with E-state index in [1.165, 1.54) is 4.88 Å². The molecule has 1 atom stereocenters. The van der Waals surface area contributed by atoms with Crippen molar-refractivity contribution >= 4 is 23.2 Å². The highest BCUT2D eigenvalue weighted by atomic mass is 32.1. The van der Waals surface area contributed by atoms with Crippen LogP contribution in [0.1, 0.15) is 38.5 Å². The van der Waals surface area contributed by atoms with E-state index in [0.717, 1.165) is 64.6 Å². The normalized spacial score (nSPS) is 20.5. The molecule has 2 fully saturated rings. The molecule has 6 nitrogen and oxygen atoms in total. The van der Waals surface area contributed by atoms with E-state index in [-0.39, 0.29) is 11.5 Å². The van der Waals surface area contributed by atoms with Crippen LogP contribution < -0.4 is 5.32 Å². The van der Waals surface area contributed by atoms with E-state index >= 15 is 0 Å². The van der Waals surface area contributed by atoms with Crippen molar-refractivity contribution in [3.05, 3.63) is 22.4 Å². The van der Waals surface area contributed by atoms with Gasteiger partial charge in [0.05, 0.1) is 6.04 Å². The highest BCUT2D eigenvalue weighted by Crippen LogP contribution is 2.26. The van der Waals surface area contributed by atoms with Gasteiger partial charge in [0, 0.05) is 63.2 Å². The maximum absolute atomic E-state index is 12.7. The Balaban J connectivity index is 1.49. The van der Waals surface area contributed by atoms with Crippen LogP contribution in [0, 0.1) is 0 Å². The fourth-order valence-corrected chi connectivity index (χ4v) is 4.91. The summed E-state index contributed by atoms with van der Waals surface area (Å²) < 4.78 is 0. The lowest BCUT2D eigenvalue weighted by Gasteiger charge is -2.40. The van der Waals surface area contributed by atoms with Crippen LogP contribution in [-0.4, -0.2) is 85.5 Å². The number of likely N-dealkylation sites (tertiary alicyclic amines) is 1. The summed E-state index contributed by atoms with van der Waals surface area (Å²) in [6.45, 7) is 12.9. The van der Waals surface area contributed by atoms with Gasteiger partial charge in [-0.3, -0.25) is 14.7 Å². The number of hydrogen-bond acceptors (Lipinski definition) is 4. The lowest BCUT2D eigenvalue weighted by Crippen LogP contribution is -2.57. The van der Waals surface area contributed by atoms with Crippen molar-refractivity contribution in [2.45, 2.75) is 45.1 Å². The molecule has 2 aliphatic rings. The molecule has 1 N–H and O–H groups in total. The van der Waals surface area contributed by atoms with Crippen molar-refractivity contribution in [2.24, 2.45) is 4.99 Å². The van der Waals surface area contributed by atoms with E-state index in [4.69, 9.17) is 0 Å². The molecule has 0 radical (unpaired) electrons. The van der Waals surface area contributed by atoms with Gasteiger partial charge in [0.25, 0.3) is 0 Å². The Hall–Kier alpha value is -1.60. The molecule has 1 unspecified atom stereocenters. The standard InChI is InChI=1S/C21H35N5OS/c1-17(19(27)25-9-5-6-10-25)24-11-13-26(14-12-24)20(22-4)23-16-21(2,3)18-8-7-15-28-18/h7-8,15,17H,5-6,9-14,16H2,1-4H3,(H,22,23). The van der Waals surface area contributed by atoms with Crippen LogP contribution in [0.4, 0.5) is 0 Å². The number of amides is 1. The van der Waals surface area contributed by atoms with E-state index in [1.54, 1.807) is 11.3 Å². The summed E-state index contributed by atoms with van der Waals surface area (Å²) in [5, 5.41) is 5.70. The highest BCUT2D eigenvalue weighted by molar-refractivity contribution is 7.10. The van der Waals surface area contributed by atoms with Crippen LogP contribution in [0.25, 0.3) is 0 Å². The van der Waals surface area contributed by atoms with Gasteiger partial charge >= 0.3 is 0 Å². The number of hydrogen-bond donors (Lipinski definition) is 1. The monoisotopic (exact) mass is 405 g/mol. The van der Waals surface area contributed by atoms with E-state index in [0.29, 0.717) is 5.91 Å². The molecular weight excluding hydrogens is 370 g/mol. The number of carbonyl (C=O) groups excluding carboxylic acids is 1. The van der Waals surface area contributed by atoms with E-state index in [1.807, 2.05) is 11.9 Å². The Morgan fingerprint density at radius 1 is 1.18 bits per heavy atom. The van der Waals surface area contributed by atoms with Crippen LogP contribution in [-0.2, 0) is 10.2 Å². The van der Waals surface area contributed by atoms with Gasteiger partial charge in [0.15, 0.2) is 5.96 Å². The third-order valence-corrected chi connectivity index (χ3v) is 7.26. The van der Waals surface area contributed by atoms with E-state index in [9.17, 15) is 4.79 Å². The maximum Gasteiger partial charge on any atom is 0.239 e. The third kappa shape index (κ3) is 4.87. The second-order valence-electron chi connectivity index (χ2n) is 8.49. The minimum Gasteiger partial charge on any atom is -0.355 e. The number of aliphatic imine (C=N–C) groups is 1. The lowest BCUT2D eigenvalue weighted by molar-refractivity contribution is -0.135. The SMILES string of the molecule is CN=C(NCC(C)(C)c1cccs1)N1CCN(C(C)C(=O)N2CCCC2)CC1. The van der Waals surface area contributed by atoms with Crippen molar-refractivity contribution in [3.63, 3.8) is 0 Å². The molecule has 0 spiro atoms. The summed E-state index contributed by atoms with van der Waals surface area (Å²) in [6, 6.07) is 4.29. The van der Waals surface area contributed by atoms with Gasteiger partial charge in [-0.1, -0.05) is 19.9 Å². The molecule has 0 aromatic carbocycles. The largest absolute Gasteiger partial charge is 0.355 e. The van der Waals surface area contributed by atoms with Crippen molar-refractivity contribution in [1.29, 1.82) is 0 Å². The number of nitrogens with one attached hydrogen (secondary N) is 1. The molecule has 1 aromatic heterocycles. The van der Waals surface area contributed by atoms with Crippen molar-refractivity contribution < 1.29 is 4.79 Å². The third-order valence-electron chi connectivity index (χ3n) is 6.03. The molecule has 0 aliphatic carbocycles. The van der Waals surface area contributed by atoms with Crippen LogP contribution >= 0.6 is 11.3 Å². The topological polar surface area (TPSA) is 51.2 Å². The zero-order chi connectivity index (χ0) is 20.1. The molecule has 0 bridgehead atoms. The summed E-state index contributed by atoms with van der Waals surface area (Å²) in [7, 11) is 1.85. The molecule has 2 saturated heterocycles. The molecule has 3 rings (SSSR count). The van der Waals surface area contributed by atoms with E-state index < -0.39 is 0 Å². The van der Waals surface area contributed by atoms with Gasteiger partial charge in [-0.2, -0.15) is 0 Å². The summed E-state index contributed by atoms with van der Waals surface area (Å²) in [5.41, 5.74) is 0.0720. The van der Waals surface area contributed by atoms with Crippen LogP contribution in [0.2, 0.25) is 0 Å². The zero-order valence-corrected chi connectivity index (χ0v) is 18.6. The number of rotatable bonds is 5. The quantitative estimate of drug-likeness (QED) is 0.603. The Labute approximate surface area is 173 Å². The first-order valence-electron chi connectivity index (χ1n) is 10.4. The molecule has 1 amide bonds. The highest BCUT2D eigenvalue weighted by Gasteiger charge is 2.31. The predicted octanol–water partition coefficient (Wildman–Crippen LogP) is 2.23. The number of thiophene rings is 1. The average molecular weight is 406 g/mol. The average Bonchev–Trinajstić information content (AvgIpc) is 3.42. The van der Waals surface area contributed by atoms with Crippen LogP contribution in [0.15, 0.2) is 22.5 Å². The molecule has 2 aliphatic heterocycles. The van der Waals surface area contributed by atoms with Gasteiger partial charge < -0.3 is 15.1 Å². The number of carbonyl (C=O) groups is 1. The van der Waals surface area contributed by atoms with Gasteiger partial charge in [-0.05, 0) is 31.2 Å². The van der Waals surface area contributed by atoms with E-state index in [2.05, 4.69) is 58.4 Å². The lowest BCUT2D eigenvalue weighted by atomic mass is 9.91. The summed E-state index contributed by atoms with van der Waals surface area (Å²) in [5.74, 6) is 1.26. The molecular formula is C21H35N5OS. The van der Waals surface area contributed by atoms with Gasteiger partial charge in [0.2, 0.25) is 5.91 Å². The molecule has 156 valence electrons. The summed E-state index contributed by atoms with van der Waals surface area (Å²) in [6.07, 6.45) is 2.30. The molecule has 1 aromatic rings. The van der Waals surface area contributed by atoms with Crippen LogP contribution in [0.3, 0.4) is 0 Å². The van der Waals surface area contributed by atoms with Crippen molar-refractivity contribution in [2.75, 3.05) is 52.9 Å². The van der Waals surface area contributed by atoms with Crippen molar-refractivity contribution in [3.8, 4) is 0 Å². The minimum absolute atomic E-state index is 0.0204. The van der Waals surface area contributed by atoms with Crippen LogP contribution in [0.5, 0.6) is 0 Å². The Morgan fingerprint density at radius 2 is 1.86 bits per heavy atom. The maximum atomic E-state index is 12.7. The Morgan fingerprint density at radius 3 is 2.43 bits per heavy atom. The van der Waals surface area contributed by atoms with Gasteiger partial charge in [-0.25, -0.2) is 0 Å². The Kier molecular flexibility index (Phi) is 6.99. The molecule has 3 heterocycles. The predicted molar refractivity (Wildman–Crippen MR) is 117 cm³/mol. The first kappa shape index (κ1) is 21.1. The van der Waals surface area contributed by atoms with Crippen molar-refractivity contribution in [1.82, 2.24) is 20.0 Å². The minimum atomic E-state index is -0.0204. The summed E-state index contributed by atoms with van der Waals surface area (Å²) in [4.78, 5) is 25.2. The number of piperazine rings is 1. The fourth-order valence-electron chi connectivity index (χ4n) is 4.06. The smallest absolute Gasteiger partial charge is 0.239 e. The van der Waals surface area contributed by atoms with Gasteiger partial charge in [0.1, 0.15) is 0 Å². The first-order chi connectivity index (χ1) is 13.4.